The fraction of sp³-hybridized carbons (Fsp3) is 0.417. The maximum absolute atomic E-state index is 5.94. The second kappa shape index (κ2) is 6.23. The minimum absolute atomic E-state index is 0.604. The molecule has 0 aliphatic rings. The summed E-state index contributed by atoms with van der Waals surface area (Å²) in [6.07, 6.45) is 1.75. The Bertz CT molecular complexity index is 498. The molecule has 0 aliphatic carbocycles. The maximum atomic E-state index is 5.94. The Morgan fingerprint density at radius 1 is 1.33 bits per heavy atom. The van der Waals surface area contributed by atoms with Gasteiger partial charge in [0.25, 0.3) is 0 Å². The number of H-pyrrole nitrogens is 1. The summed E-state index contributed by atoms with van der Waals surface area (Å²) < 4.78 is 10.2. The number of rotatable bonds is 7. The van der Waals surface area contributed by atoms with Gasteiger partial charge in [-0.15, -0.1) is 0 Å². The quantitative estimate of drug-likeness (QED) is 0.508. The minimum atomic E-state index is 0.604. The molecule has 0 fully saturated rings. The first-order chi connectivity index (χ1) is 8.81. The van der Waals surface area contributed by atoms with Gasteiger partial charge >= 0.3 is 0 Å². The molecule has 0 amide bonds. The Labute approximate surface area is 105 Å². The van der Waals surface area contributed by atoms with Crippen LogP contribution in [-0.4, -0.2) is 43.7 Å². The fourth-order valence-electron chi connectivity index (χ4n) is 1.66. The van der Waals surface area contributed by atoms with Crippen molar-refractivity contribution >= 4 is 22.3 Å². The normalized spacial score (nSPS) is 10.9. The highest BCUT2D eigenvalue weighted by Crippen LogP contribution is 2.24. The molecule has 2 aromatic rings. The molecule has 0 radical (unpaired) electrons. The van der Waals surface area contributed by atoms with E-state index in [1.807, 2.05) is 12.1 Å². The van der Waals surface area contributed by atoms with Gasteiger partial charge in [0.15, 0.2) is 0 Å². The first-order valence-corrected chi connectivity index (χ1v) is 5.84. The molecule has 98 valence electrons. The van der Waals surface area contributed by atoms with E-state index in [0.29, 0.717) is 32.1 Å². The lowest BCUT2D eigenvalue weighted by atomic mass is 10.2. The van der Waals surface area contributed by atoms with Crippen LogP contribution in [0.5, 0.6) is 0 Å². The van der Waals surface area contributed by atoms with Gasteiger partial charge in [-0.25, -0.2) is 0 Å². The van der Waals surface area contributed by atoms with Gasteiger partial charge in [-0.1, -0.05) is 0 Å². The van der Waals surface area contributed by atoms with Crippen LogP contribution >= 0.6 is 0 Å². The van der Waals surface area contributed by atoms with Crippen LogP contribution in [0.3, 0.4) is 0 Å². The van der Waals surface area contributed by atoms with E-state index in [4.69, 9.17) is 15.2 Å². The van der Waals surface area contributed by atoms with Crippen LogP contribution in [0, 0.1) is 0 Å². The Balaban J connectivity index is 1.85. The zero-order valence-corrected chi connectivity index (χ0v) is 10.4. The molecule has 2 rings (SSSR count). The molecule has 0 aliphatic heterocycles. The summed E-state index contributed by atoms with van der Waals surface area (Å²) in [6, 6.07) is 3.85. The minimum Gasteiger partial charge on any atom is -0.397 e. The third-order valence-corrected chi connectivity index (χ3v) is 2.60. The molecule has 6 heteroatoms. The van der Waals surface area contributed by atoms with Crippen LogP contribution in [0.15, 0.2) is 18.3 Å². The molecule has 6 nitrogen and oxygen atoms in total. The second-order valence-electron chi connectivity index (χ2n) is 3.93. The molecule has 1 aromatic heterocycles. The second-order valence-corrected chi connectivity index (χ2v) is 3.93. The average Bonchev–Trinajstić information content (AvgIpc) is 2.80. The van der Waals surface area contributed by atoms with Crippen LogP contribution in [0.25, 0.3) is 10.9 Å². The van der Waals surface area contributed by atoms with Gasteiger partial charge in [-0.3, -0.25) is 5.10 Å². The third-order valence-electron chi connectivity index (χ3n) is 2.60. The number of hydrogen-bond acceptors (Lipinski definition) is 5. The van der Waals surface area contributed by atoms with Crippen molar-refractivity contribution in [2.75, 3.05) is 44.5 Å². The predicted molar refractivity (Wildman–Crippen MR) is 71.7 cm³/mol. The number of benzene rings is 1. The number of aromatic nitrogens is 2. The van der Waals surface area contributed by atoms with Gasteiger partial charge in [0.05, 0.1) is 42.9 Å². The first kappa shape index (κ1) is 12.7. The summed E-state index contributed by atoms with van der Waals surface area (Å²) in [5.74, 6) is 0. The summed E-state index contributed by atoms with van der Waals surface area (Å²) in [5.41, 5.74) is 8.51. The third kappa shape index (κ3) is 3.12. The molecule has 18 heavy (non-hydrogen) atoms. The number of nitrogens with two attached hydrogens (primary N) is 1. The highest BCUT2D eigenvalue weighted by Gasteiger charge is 2.02. The van der Waals surface area contributed by atoms with Crippen molar-refractivity contribution < 1.29 is 9.47 Å². The number of nitrogens with zero attached hydrogens (tertiary/aromatic N) is 1. The molecule has 0 spiro atoms. The standard InChI is InChI=1S/C12H18N4O2/c1-17-4-5-18-3-2-14-12-7-11-9(6-10(12)13)8-15-16-11/h6-8,14H,2-5,13H2,1H3,(H,15,16). The van der Waals surface area contributed by atoms with Gasteiger partial charge in [0, 0.05) is 19.0 Å². The van der Waals surface area contributed by atoms with Gasteiger partial charge < -0.3 is 20.5 Å². The number of nitrogens with one attached hydrogen (secondary N) is 2. The zero-order chi connectivity index (χ0) is 12.8. The topological polar surface area (TPSA) is 85.2 Å². The number of anilines is 2. The van der Waals surface area contributed by atoms with Crippen LogP contribution in [0.1, 0.15) is 0 Å². The van der Waals surface area contributed by atoms with Crippen LogP contribution < -0.4 is 11.1 Å². The van der Waals surface area contributed by atoms with E-state index in [0.717, 1.165) is 16.6 Å². The number of fused-ring (bicyclic) bond motifs is 1. The van der Waals surface area contributed by atoms with Gasteiger partial charge in [0.1, 0.15) is 0 Å². The molecular formula is C12H18N4O2. The molecule has 0 atom stereocenters. The van der Waals surface area contributed by atoms with E-state index in [1.54, 1.807) is 13.3 Å². The van der Waals surface area contributed by atoms with Crippen molar-refractivity contribution in [3.63, 3.8) is 0 Å². The Kier molecular flexibility index (Phi) is 4.38. The molecule has 4 N–H and O–H groups in total. The van der Waals surface area contributed by atoms with E-state index in [1.165, 1.54) is 0 Å². The summed E-state index contributed by atoms with van der Waals surface area (Å²) >= 11 is 0. The SMILES string of the molecule is COCCOCCNc1cc2[nH]ncc2cc1N. The molecular weight excluding hydrogens is 232 g/mol. The summed E-state index contributed by atoms with van der Waals surface area (Å²) in [6.45, 7) is 2.53. The lowest BCUT2D eigenvalue weighted by molar-refractivity contribution is 0.0759. The molecule has 1 aromatic carbocycles. The number of aromatic amines is 1. The molecule has 0 bridgehead atoms. The Hall–Kier alpha value is -1.79. The number of nitrogen functional groups attached to an aromatic ring is 1. The number of methoxy groups -OCH3 is 1. The van der Waals surface area contributed by atoms with E-state index < -0.39 is 0 Å². The fourth-order valence-corrected chi connectivity index (χ4v) is 1.66. The van der Waals surface area contributed by atoms with Crippen molar-refractivity contribution in [2.45, 2.75) is 0 Å². The number of ether oxygens (including phenoxy) is 2. The lowest BCUT2D eigenvalue weighted by Gasteiger charge is -2.09. The van der Waals surface area contributed by atoms with Gasteiger partial charge in [-0.2, -0.15) is 5.10 Å². The monoisotopic (exact) mass is 250 g/mol. The first-order valence-electron chi connectivity index (χ1n) is 5.84. The zero-order valence-electron chi connectivity index (χ0n) is 10.4. The van der Waals surface area contributed by atoms with E-state index in [9.17, 15) is 0 Å². The van der Waals surface area contributed by atoms with Gasteiger partial charge in [0.2, 0.25) is 0 Å². The molecule has 1 heterocycles. The van der Waals surface area contributed by atoms with Gasteiger partial charge in [-0.05, 0) is 12.1 Å². The van der Waals surface area contributed by atoms with E-state index in [-0.39, 0.29) is 0 Å². The summed E-state index contributed by atoms with van der Waals surface area (Å²) in [7, 11) is 1.65. The molecule has 0 saturated heterocycles. The highest BCUT2D eigenvalue weighted by molar-refractivity contribution is 5.88. The van der Waals surface area contributed by atoms with Crippen LogP contribution in [-0.2, 0) is 9.47 Å². The summed E-state index contributed by atoms with van der Waals surface area (Å²) in [5, 5.41) is 11.1. The van der Waals surface area contributed by atoms with Crippen molar-refractivity contribution in [1.29, 1.82) is 0 Å². The van der Waals surface area contributed by atoms with E-state index >= 15 is 0 Å². The lowest BCUT2D eigenvalue weighted by Crippen LogP contribution is -2.12. The Morgan fingerprint density at radius 2 is 2.22 bits per heavy atom. The van der Waals surface area contributed by atoms with Crippen molar-refractivity contribution in [3.8, 4) is 0 Å². The molecule has 0 unspecified atom stereocenters. The van der Waals surface area contributed by atoms with Crippen molar-refractivity contribution in [3.05, 3.63) is 18.3 Å². The highest BCUT2D eigenvalue weighted by atomic mass is 16.5. The van der Waals surface area contributed by atoms with Crippen molar-refractivity contribution in [2.24, 2.45) is 0 Å². The molecule has 0 saturated carbocycles. The van der Waals surface area contributed by atoms with Crippen LogP contribution in [0.2, 0.25) is 0 Å². The Morgan fingerprint density at radius 3 is 3.06 bits per heavy atom. The largest absolute Gasteiger partial charge is 0.397 e. The number of hydrogen-bond donors (Lipinski definition) is 3. The summed E-state index contributed by atoms with van der Waals surface area (Å²) in [4.78, 5) is 0. The van der Waals surface area contributed by atoms with Crippen molar-refractivity contribution in [1.82, 2.24) is 10.2 Å². The smallest absolute Gasteiger partial charge is 0.0701 e. The van der Waals surface area contributed by atoms with E-state index in [2.05, 4.69) is 15.5 Å². The average molecular weight is 250 g/mol. The predicted octanol–water partition coefficient (Wildman–Crippen LogP) is 1.22. The maximum Gasteiger partial charge on any atom is 0.0701 e. The van der Waals surface area contributed by atoms with Crippen LogP contribution in [0.4, 0.5) is 11.4 Å².